The topological polar surface area (TPSA) is 81.5 Å². The highest BCUT2D eigenvalue weighted by atomic mass is 35.5. The van der Waals surface area contributed by atoms with Crippen LogP contribution >= 0.6 is 12.4 Å². The summed E-state index contributed by atoms with van der Waals surface area (Å²) < 4.78 is 39.5. The molecular formula is C9H12ClF3N2O2. The minimum atomic E-state index is -4.86. The van der Waals surface area contributed by atoms with Gasteiger partial charge in [0, 0.05) is 18.2 Å². The van der Waals surface area contributed by atoms with Gasteiger partial charge < -0.3 is 21.3 Å². The Balaban J connectivity index is 0.00000256. The average Bonchev–Trinajstić information content (AvgIpc) is 2.18. The van der Waals surface area contributed by atoms with E-state index in [1.54, 1.807) is 0 Å². The molecule has 1 aromatic rings. The first-order valence-electron chi connectivity index (χ1n) is 4.38. The number of nitrogens with two attached hydrogens (primary N) is 2. The van der Waals surface area contributed by atoms with Gasteiger partial charge in [0.1, 0.15) is 0 Å². The fraction of sp³-hybridized carbons (Fsp3) is 0.333. The molecule has 1 atom stereocenters. The quantitative estimate of drug-likeness (QED) is 0.782. The van der Waals surface area contributed by atoms with Gasteiger partial charge in [-0.1, -0.05) is 12.1 Å². The molecule has 0 heterocycles. The van der Waals surface area contributed by atoms with E-state index in [4.69, 9.17) is 11.5 Å². The van der Waals surface area contributed by atoms with E-state index < -0.39 is 23.9 Å². The number of ether oxygens (including phenoxy) is 1. The molecule has 0 saturated carbocycles. The summed E-state index contributed by atoms with van der Waals surface area (Å²) in [6.45, 7) is 0.00301. The molecule has 0 radical (unpaired) electrons. The van der Waals surface area contributed by atoms with E-state index in [2.05, 4.69) is 4.74 Å². The van der Waals surface area contributed by atoms with E-state index in [-0.39, 0.29) is 24.5 Å². The Labute approximate surface area is 102 Å². The highest BCUT2D eigenvalue weighted by Crippen LogP contribution is 2.35. The molecule has 0 amide bonds. The van der Waals surface area contributed by atoms with Crippen molar-refractivity contribution < 1.29 is 23.0 Å². The zero-order valence-corrected chi connectivity index (χ0v) is 9.39. The molecule has 0 unspecified atom stereocenters. The van der Waals surface area contributed by atoms with E-state index in [9.17, 15) is 18.3 Å². The van der Waals surface area contributed by atoms with Crippen LogP contribution in [-0.4, -0.2) is 18.0 Å². The lowest BCUT2D eigenvalue weighted by atomic mass is 10.1. The van der Waals surface area contributed by atoms with Crippen LogP contribution in [-0.2, 0) is 0 Å². The molecule has 0 fully saturated rings. The first-order valence-corrected chi connectivity index (χ1v) is 4.38. The van der Waals surface area contributed by atoms with Crippen LogP contribution in [0.1, 0.15) is 11.6 Å². The molecule has 0 aromatic heterocycles. The van der Waals surface area contributed by atoms with Crippen LogP contribution in [0.15, 0.2) is 18.2 Å². The SMILES string of the molecule is Cl.NC[C@H](N)c1cccc(OC(F)(F)F)c1O. The Morgan fingerprint density at radius 2 is 1.94 bits per heavy atom. The number of rotatable bonds is 3. The third-order valence-electron chi connectivity index (χ3n) is 1.91. The number of alkyl halides is 3. The summed E-state index contributed by atoms with van der Waals surface area (Å²) in [7, 11) is 0. The number of phenolic OH excluding ortho intramolecular Hbond substituents is 1. The molecule has 1 aromatic carbocycles. The summed E-state index contributed by atoms with van der Waals surface area (Å²) in [5.74, 6) is -1.33. The van der Waals surface area contributed by atoms with Crippen molar-refractivity contribution in [2.75, 3.05) is 6.54 Å². The van der Waals surface area contributed by atoms with Gasteiger partial charge in [0.25, 0.3) is 0 Å². The lowest BCUT2D eigenvalue weighted by molar-refractivity contribution is -0.275. The summed E-state index contributed by atoms with van der Waals surface area (Å²) in [6, 6.07) is 2.94. The number of phenols is 1. The zero-order chi connectivity index (χ0) is 12.3. The molecule has 8 heteroatoms. The highest BCUT2D eigenvalue weighted by Gasteiger charge is 2.32. The van der Waals surface area contributed by atoms with E-state index >= 15 is 0 Å². The first kappa shape index (κ1) is 15.8. The maximum Gasteiger partial charge on any atom is 0.573 e. The van der Waals surface area contributed by atoms with Crippen molar-refractivity contribution in [2.24, 2.45) is 11.5 Å². The van der Waals surface area contributed by atoms with E-state index in [1.807, 2.05) is 0 Å². The largest absolute Gasteiger partial charge is 0.573 e. The molecule has 0 saturated heterocycles. The molecule has 1 rings (SSSR count). The van der Waals surface area contributed by atoms with E-state index in [0.717, 1.165) is 6.07 Å². The van der Waals surface area contributed by atoms with Crippen LogP contribution in [0.3, 0.4) is 0 Å². The third-order valence-corrected chi connectivity index (χ3v) is 1.91. The van der Waals surface area contributed by atoms with Gasteiger partial charge in [0.05, 0.1) is 0 Å². The summed E-state index contributed by atoms with van der Waals surface area (Å²) in [5, 5.41) is 9.49. The summed E-state index contributed by atoms with van der Waals surface area (Å²) in [4.78, 5) is 0. The third kappa shape index (κ3) is 4.29. The molecule has 0 aliphatic rings. The number of benzene rings is 1. The molecular weight excluding hydrogens is 261 g/mol. The average molecular weight is 273 g/mol. The van der Waals surface area contributed by atoms with E-state index in [1.165, 1.54) is 12.1 Å². The number of halogens is 4. The number of para-hydroxylation sites is 1. The van der Waals surface area contributed by atoms with Crippen LogP contribution in [0.4, 0.5) is 13.2 Å². The summed E-state index contributed by atoms with van der Waals surface area (Å²) in [6.07, 6.45) is -4.86. The number of hydrogen-bond acceptors (Lipinski definition) is 4. The molecule has 0 spiro atoms. The summed E-state index contributed by atoms with van der Waals surface area (Å²) in [5.41, 5.74) is 10.9. The van der Waals surface area contributed by atoms with Crippen LogP contribution in [0.25, 0.3) is 0 Å². The number of aromatic hydroxyl groups is 1. The van der Waals surface area contributed by atoms with Crippen molar-refractivity contribution in [1.82, 2.24) is 0 Å². The van der Waals surface area contributed by atoms with Crippen molar-refractivity contribution >= 4 is 12.4 Å². The summed E-state index contributed by atoms with van der Waals surface area (Å²) >= 11 is 0. The van der Waals surface area contributed by atoms with Gasteiger partial charge in [-0.2, -0.15) is 0 Å². The van der Waals surface area contributed by atoms with Gasteiger partial charge >= 0.3 is 6.36 Å². The molecule has 17 heavy (non-hydrogen) atoms. The second-order valence-electron chi connectivity index (χ2n) is 3.08. The normalized spacial score (nSPS) is 12.8. The van der Waals surface area contributed by atoms with Crippen LogP contribution in [0, 0.1) is 0 Å². The zero-order valence-electron chi connectivity index (χ0n) is 8.57. The van der Waals surface area contributed by atoms with Gasteiger partial charge in [0.2, 0.25) is 0 Å². The molecule has 4 nitrogen and oxygen atoms in total. The lowest BCUT2D eigenvalue weighted by Crippen LogP contribution is -2.22. The van der Waals surface area contributed by atoms with Gasteiger partial charge in [0.15, 0.2) is 11.5 Å². The molecule has 0 bridgehead atoms. The smallest absolute Gasteiger partial charge is 0.504 e. The van der Waals surface area contributed by atoms with Gasteiger partial charge in [-0.05, 0) is 6.07 Å². The second-order valence-corrected chi connectivity index (χ2v) is 3.08. The number of hydrogen-bond donors (Lipinski definition) is 3. The van der Waals surface area contributed by atoms with Crippen LogP contribution in [0.2, 0.25) is 0 Å². The Morgan fingerprint density at radius 1 is 1.35 bits per heavy atom. The van der Waals surface area contributed by atoms with Crippen LogP contribution < -0.4 is 16.2 Å². The standard InChI is InChI=1S/C9H11F3N2O2.ClH/c10-9(11,12)16-7-3-1-2-5(8(7)15)6(14)4-13;/h1-3,6,15H,4,13-14H2;1H/t6-;/m0./s1. The Bertz CT molecular complexity index is 374. The van der Waals surface area contributed by atoms with Crippen molar-refractivity contribution in [3.05, 3.63) is 23.8 Å². The maximum atomic E-state index is 11.9. The van der Waals surface area contributed by atoms with Crippen molar-refractivity contribution in [1.29, 1.82) is 0 Å². The van der Waals surface area contributed by atoms with Crippen molar-refractivity contribution in [3.63, 3.8) is 0 Å². The molecule has 0 aliphatic carbocycles. The maximum absolute atomic E-state index is 11.9. The fourth-order valence-electron chi connectivity index (χ4n) is 1.17. The van der Waals surface area contributed by atoms with Crippen LogP contribution in [0.5, 0.6) is 11.5 Å². The minimum Gasteiger partial charge on any atom is -0.504 e. The predicted octanol–water partition coefficient (Wildman–Crippen LogP) is 1.67. The molecule has 5 N–H and O–H groups in total. The Kier molecular flexibility index (Phi) is 5.53. The monoisotopic (exact) mass is 272 g/mol. The first-order chi connectivity index (χ1) is 7.35. The van der Waals surface area contributed by atoms with Gasteiger partial charge in [-0.3, -0.25) is 0 Å². The molecule has 0 aliphatic heterocycles. The minimum absolute atomic E-state index is 0. The van der Waals surface area contributed by atoms with Gasteiger partial charge in [-0.15, -0.1) is 25.6 Å². The van der Waals surface area contributed by atoms with E-state index in [0.29, 0.717) is 0 Å². The van der Waals surface area contributed by atoms with Gasteiger partial charge in [-0.25, -0.2) is 0 Å². The highest BCUT2D eigenvalue weighted by molar-refractivity contribution is 5.85. The Morgan fingerprint density at radius 3 is 2.41 bits per heavy atom. The Hall–Kier alpha value is -1.18. The van der Waals surface area contributed by atoms with Crippen molar-refractivity contribution in [2.45, 2.75) is 12.4 Å². The predicted molar refractivity (Wildman–Crippen MR) is 58.0 cm³/mol. The second kappa shape index (κ2) is 5.95. The lowest BCUT2D eigenvalue weighted by Gasteiger charge is -2.15. The fourth-order valence-corrected chi connectivity index (χ4v) is 1.17. The molecule has 98 valence electrons. The van der Waals surface area contributed by atoms with Crippen molar-refractivity contribution in [3.8, 4) is 11.5 Å².